The molecule has 0 aliphatic heterocycles. The SMILES string of the molecule is CCC(CC)c1cc(CNC(=NC)NCCCOc2cccc(OC)c2)on1.I. The normalized spacial score (nSPS) is 11.1. The molecule has 0 saturated carbocycles. The number of nitrogens with zero attached hydrogens (tertiary/aromatic N) is 2. The van der Waals surface area contributed by atoms with Gasteiger partial charge in [-0.1, -0.05) is 25.1 Å². The zero-order valence-corrected chi connectivity index (χ0v) is 20.1. The second kappa shape index (κ2) is 14.1. The first-order valence-corrected chi connectivity index (χ1v) is 9.87. The molecule has 0 aliphatic carbocycles. The van der Waals surface area contributed by atoms with E-state index in [9.17, 15) is 0 Å². The van der Waals surface area contributed by atoms with E-state index in [2.05, 4.69) is 34.6 Å². The molecular weight excluding hydrogens is 483 g/mol. The van der Waals surface area contributed by atoms with Crippen LogP contribution in [0.1, 0.15) is 50.5 Å². The molecule has 29 heavy (non-hydrogen) atoms. The van der Waals surface area contributed by atoms with Crippen molar-refractivity contribution in [3.8, 4) is 11.5 Å². The van der Waals surface area contributed by atoms with Gasteiger partial charge in [-0.15, -0.1) is 24.0 Å². The first-order valence-electron chi connectivity index (χ1n) is 9.87. The number of hydrogen-bond acceptors (Lipinski definition) is 5. The third kappa shape index (κ3) is 8.51. The van der Waals surface area contributed by atoms with E-state index in [0.717, 1.165) is 54.7 Å². The lowest BCUT2D eigenvalue weighted by molar-refractivity contribution is 0.308. The lowest BCUT2D eigenvalue weighted by Crippen LogP contribution is -2.37. The van der Waals surface area contributed by atoms with Gasteiger partial charge >= 0.3 is 0 Å². The van der Waals surface area contributed by atoms with Crippen molar-refractivity contribution in [2.75, 3.05) is 27.3 Å². The van der Waals surface area contributed by atoms with Crippen LogP contribution in [-0.2, 0) is 6.54 Å². The Hall–Kier alpha value is -1.97. The summed E-state index contributed by atoms with van der Waals surface area (Å²) in [6.45, 7) is 6.25. The van der Waals surface area contributed by atoms with Gasteiger partial charge in [-0.3, -0.25) is 4.99 Å². The maximum Gasteiger partial charge on any atom is 0.191 e. The molecule has 0 radical (unpaired) electrons. The standard InChI is InChI=1S/C21H32N4O3.HI/c1-5-16(6-2)20-14-19(28-25-20)15-24-21(22-3)23-11-8-12-27-18-10-7-9-17(13-18)26-4;/h7,9-10,13-14,16H,5-6,8,11-12,15H2,1-4H3,(H2,22,23,24);1H. The molecule has 0 unspecified atom stereocenters. The zero-order chi connectivity index (χ0) is 20.2. The Kier molecular flexibility index (Phi) is 12.2. The second-order valence-corrected chi connectivity index (χ2v) is 6.47. The summed E-state index contributed by atoms with van der Waals surface area (Å²) in [5.41, 5.74) is 1.03. The van der Waals surface area contributed by atoms with E-state index in [0.29, 0.717) is 19.1 Å². The molecule has 0 fully saturated rings. The summed E-state index contributed by atoms with van der Waals surface area (Å²) < 4.78 is 16.4. The Morgan fingerprint density at radius 3 is 2.62 bits per heavy atom. The summed E-state index contributed by atoms with van der Waals surface area (Å²) in [5.74, 6) is 3.59. The van der Waals surface area contributed by atoms with Crippen molar-refractivity contribution in [1.29, 1.82) is 0 Å². The predicted octanol–water partition coefficient (Wildman–Crippen LogP) is 4.34. The summed E-state index contributed by atoms with van der Waals surface area (Å²) >= 11 is 0. The van der Waals surface area contributed by atoms with E-state index >= 15 is 0 Å². The van der Waals surface area contributed by atoms with Gasteiger partial charge in [0.15, 0.2) is 11.7 Å². The summed E-state index contributed by atoms with van der Waals surface area (Å²) in [7, 11) is 3.39. The van der Waals surface area contributed by atoms with E-state index < -0.39 is 0 Å². The van der Waals surface area contributed by atoms with Gasteiger partial charge in [0.05, 0.1) is 26.0 Å². The minimum absolute atomic E-state index is 0. The summed E-state index contributed by atoms with van der Waals surface area (Å²) in [6, 6.07) is 9.63. The van der Waals surface area contributed by atoms with Crippen LogP contribution in [0.25, 0.3) is 0 Å². The number of hydrogen-bond donors (Lipinski definition) is 2. The van der Waals surface area contributed by atoms with E-state index in [1.54, 1.807) is 14.2 Å². The van der Waals surface area contributed by atoms with E-state index in [-0.39, 0.29) is 24.0 Å². The molecule has 7 nitrogen and oxygen atoms in total. The van der Waals surface area contributed by atoms with Gasteiger partial charge < -0.3 is 24.6 Å². The number of halogens is 1. The van der Waals surface area contributed by atoms with Gasteiger partial charge in [0, 0.05) is 31.6 Å². The summed E-state index contributed by atoms with van der Waals surface area (Å²) in [5, 5.41) is 10.7. The van der Waals surface area contributed by atoms with Gasteiger partial charge in [-0.2, -0.15) is 0 Å². The molecule has 0 bridgehead atoms. The lowest BCUT2D eigenvalue weighted by atomic mass is 9.99. The fourth-order valence-corrected chi connectivity index (χ4v) is 2.86. The number of benzene rings is 1. The quantitative estimate of drug-likeness (QED) is 0.200. The number of nitrogens with one attached hydrogen (secondary N) is 2. The average molecular weight is 516 g/mol. The smallest absolute Gasteiger partial charge is 0.191 e. The lowest BCUT2D eigenvalue weighted by Gasteiger charge is -2.11. The number of methoxy groups -OCH3 is 1. The highest BCUT2D eigenvalue weighted by Crippen LogP contribution is 2.22. The van der Waals surface area contributed by atoms with Crippen molar-refractivity contribution in [2.24, 2.45) is 4.99 Å². The monoisotopic (exact) mass is 516 g/mol. The van der Waals surface area contributed by atoms with Crippen LogP contribution in [0.15, 0.2) is 39.8 Å². The summed E-state index contributed by atoms with van der Waals surface area (Å²) in [6.07, 6.45) is 2.98. The fourth-order valence-electron chi connectivity index (χ4n) is 2.86. The van der Waals surface area contributed by atoms with E-state index in [4.69, 9.17) is 14.0 Å². The number of aromatic nitrogens is 1. The van der Waals surface area contributed by atoms with Crippen LogP contribution >= 0.6 is 24.0 Å². The molecule has 0 saturated heterocycles. The van der Waals surface area contributed by atoms with Crippen LogP contribution in [0, 0.1) is 0 Å². The molecule has 2 N–H and O–H groups in total. The molecule has 2 rings (SSSR count). The van der Waals surface area contributed by atoms with Crippen LogP contribution in [-0.4, -0.2) is 38.4 Å². The number of ether oxygens (including phenoxy) is 2. The molecule has 0 aliphatic rings. The van der Waals surface area contributed by atoms with Crippen molar-refractivity contribution in [2.45, 2.75) is 45.6 Å². The maximum absolute atomic E-state index is 5.74. The molecule has 1 aromatic carbocycles. The average Bonchev–Trinajstić information content (AvgIpc) is 3.20. The molecule has 0 amide bonds. The minimum atomic E-state index is 0. The molecule has 162 valence electrons. The Morgan fingerprint density at radius 1 is 1.17 bits per heavy atom. The van der Waals surface area contributed by atoms with E-state index in [1.165, 1.54) is 0 Å². The van der Waals surface area contributed by atoms with Crippen molar-refractivity contribution < 1.29 is 14.0 Å². The largest absolute Gasteiger partial charge is 0.497 e. The highest BCUT2D eigenvalue weighted by molar-refractivity contribution is 14.0. The highest BCUT2D eigenvalue weighted by Gasteiger charge is 2.13. The van der Waals surface area contributed by atoms with Gasteiger partial charge in [-0.25, -0.2) is 0 Å². The topological polar surface area (TPSA) is 80.9 Å². The number of aliphatic imine (C=N–C) groups is 1. The minimum Gasteiger partial charge on any atom is -0.497 e. The second-order valence-electron chi connectivity index (χ2n) is 6.47. The summed E-state index contributed by atoms with van der Waals surface area (Å²) in [4.78, 5) is 4.23. The predicted molar refractivity (Wildman–Crippen MR) is 127 cm³/mol. The van der Waals surface area contributed by atoms with E-state index in [1.807, 2.05) is 30.3 Å². The Labute approximate surface area is 190 Å². The molecule has 2 aromatic rings. The molecule has 1 aromatic heterocycles. The van der Waals surface area contributed by atoms with Crippen molar-refractivity contribution in [3.05, 3.63) is 41.8 Å². The molecule has 1 heterocycles. The zero-order valence-electron chi connectivity index (χ0n) is 17.7. The van der Waals surface area contributed by atoms with Crippen LogP contribution in [0.5, 0.6) is 11.5 Å². The third-order valence-corrected chi connectivity index (χ3v) is 4.56. The Bertz CT molecular complexity index is 732. The molecule has 8 heteroatoms. The number of guanidine groups is 1. The van der Waals surface area contributed by atoms with Gasteiger partial charge in [0.1, 0.15) is 11.5 Å². The molecule has 0 spiro atoms. The van der Waals surface area contributed by atoms with Crippen LogP contribution in [0.3, 0.4) is 0 Å². The maximum atomic E-state index is 5.74. The van der Waals surface area contributed by atoms with Crippen molar-refractivity contribution in [1.82, 2.24) is 15.8 Å². The highest BCUT2D eigenvalue weighted by atomic mass is 127. The molecule has 0 atom stereocenters. The van der Waals surface area contributed by atoms with Crippen molar-refractivity contribution in [3.63, 3.8) is 0 Å². The van der Waals surface area contributed by atoms with Gasteiger partial charge in [-0.05, 0) is 31.4 Å². The molecular formula is C21H33IN4O3. The Balaban J connectivity index is 0.00000420. The van der Waals surface area contributed by atoms with Gasteiger partial charge in [0.2, 0.25) is 0 Å². The van der Waals surface area contributed by atoms with Crippen LogP contribution in [0.4, 0.5) is 0 Å². The van der Waals surface area contributed by atoms with Crippen LogP contribution in [0.2, 0.25) is 0 Å². The van der Waals surface area contributed by atoms with Crippen LogP contribution < -0.4 is 20.1 Å². The van der Waals surface area contributed by atoms with Crippen molar-refractivity contribution >= 4 is 29.9 Å². The first kappa shape index (κ1) is 25.1. The Morgan fingerprint density at radius 2 is 1.93 bits per heavy atom. The fraction of sp³-hybridized carbons (Fsp3) is 0.524. The third-order valence-electron chi connectivity index (χ3n) is 4.56. The first-order chi connectivity index (χ1) is 13.7. The number of rotatable bonds is 11. The van der Waals surface area contributed by atoms with Gasteiger partial charge in [0.25, 0.3) is 0 Å².